The predicted octanol–water partition coefficient (Wildman–Crippen LogP) is 3.72. The lowest BCUT2D eigenvalue weighted by Gasteiger charge is -2.33. The molecule has 0 bridgehead atoms. The Morgan fingerprint density at radius 3 is 3.05 bits per heavy atom. The minimum atomic E-state index is 0.529. The van der Waals surface area contributed by atoms with E-state index in [1.807, 2.05) is 35.6 Å². The van der Waals surface area contributed by atoms with Crippen molar-refractivity contribution >= 4 is 17.0 Å². The van der Waals surface area contributed by atoms with Crippen LogP contribution in [0.25, 0.3) is 0 Å². The average Bonchev–Trinajstić information content (AvgIpc) is 2.97. The Morgan fingerprint density at radius 2 is 2.19 bits per heavy atom. The van der Waals surface area contributed by atoms with Crippen molar-refractivity contribution in [1.29, 1.82) is 0 Å². The fourth-order valence-corrected chi connectivity index (χ4v) is 3.89. The van der Waals surface area contributed by atoms with E-state index < -0.39 is 0 Å². The SMILES string of the molecule is CC1c2ccsc2CCN1CCCOc1ccccc1N. The van der Waals surface area contributed by atoms with Crippen LogP contribution >= 0.6 is 11.3 Å². The van der Waals surface area contributed by atoms with Crippen LogP contribution in [-0.2, 0) is 6.42 Å². The summed E-state index contributed by atoms with van der Waals surface area (Å²) in [5, 5.41) is 2.21. The number of hydrogen-bond acceptors (Lipinski definition) is 4. The molecule has 0 aliphatic carbocycles. The van der Waals surface area contributed by atoms with Crippen molar-refractivity contribution in [2.45, 2.75) is 25.8 Å². The molecule has 0 fully saturated rings. The summed E-state index contributed by atoms with van der Waals surface area (Å²) in [5.41, 5.74) is 8.10. The van der Waals surface area contributed by atoms with E-state index in [4.69, 9.17) is 10.5 Å². The molecule has 2 heterocycles. The second kappa shape index (κ2) is 6.50. The first-order chi connectivity index (χ1) is 10.3. The van der Waals surface area contributed by atoms with Crippen LogP contribution in [0.4, 0.5) is 5.69 Å². The Kier molecular flexibility index (Phi) is 4.46. The second-order valence-electron chi connectivity index (χ2n) is 5.50. The van der Waals surface area contributed by atoms with E-state index >= 15 is 0 Å². The van der Waals surface area contributed by atoms with Crippen LogP contribution < -0.4 is 10.5 Å². The van der Waals surface area contributed by atoms with E-state index in [1.54, 1.807) is 4.88 Å². The Hall–Kier alpha value is -1.52. The molecule has 21 heavy (non-hydrogen) atoms. The topological polar surface area (TPSA) is 38.5 Å². The first-order valence-corrected chi connectivity index (χ1v) is 8.41. The van der Waals surface area contributed by atoms with Gasteiger partial charge in [-0.1, -0.05) is 12.1 Å². The Labute approximate surface area is 130 Å². The molecule has 112 valence electrons. The third-order valence-electron chi connectivity index (χ3n) is 4.17. The van der Waals surface area contributed by atoms with Crippen molar-refractivity contribution < 1.29 is 4.74 Å². The standard InChI is InChI=1S/C17H22N2OS/c1-13-14-8-12-21-17(14)7-10-19(13)9-4-11-20-16-6-3-2-5-15(16)18/h2-3,5-6,8,12-13H,4,7,9-11,18H2,1H3. The quantitative estimate of drug-likeness (QED) is 0.676. The summed E-state index contributed by atoms with van der Waals surface area (Å²) in [6.07, 6.45) is 2.21. The van der Waals surface area contributed by atoms with E-state index in [-0.39, 0.29) is 0 Å². The molecule has 1 aliphatic rings. The molecule has 2 aromatic rings. The van der Waals surface area contributed by atoms with Gasteiger partial charge in [0.15, 0.2) is 0 Å². The number of anilines is 1. The van der Waals surface area contributed by atoms with Gasteiger partial charge in [-0.15, -0.1) is 11.3 Å². The summed E-state index contributed by atoms with van der Waals surface area (Å²) in [6.45, 7) is 5.25. The molecule has 0 amide bonds. The van der Waals surface area contributed by atoms with Gasteiger partial charge in [0.1, 0.15) is 5.75 Å². The lowest BCUT2D eigenvalue weighted by Crippen LogP contribution is -2.34. The number of para-hydroxylation sites is 2. The van der Waals surface area contributed by atoms with E-state index in [2.05, 4.69) is 23.3 Å². The highest BCUT2D eigenvalue weighted by atomic mass is 32.1. The molecule has 2 N–H and O–H groups in total. The predicted molar refractivity (Wildman–Crippen MR) is 89.0 cm³/mol. The molecule has 0 radical (unpaired) electrons. The molecule has 0 saturated carbocycles. The van der Waals surface area contributed by atoms with Crippen molar-refractivity contribution in [2.24, 2.45) is 0 Å². The van der Waals surface area contributed by atoms with Crippen molar-refractivity contribution in [2.75, 3.05) is 25.4 Å². The molecule has 1 aromatic carbocycles. The lowest BCUT2D eigenvalue weighted by molar-refractivity contribution is 0.181. The molecule has 4 heteroatoms. The average molecular weight is 302 g/mol. The normalized spacial score (nSPS) is 18.4. The monoisotopic (exact) mass is 302 g/mol. The molecule has 1 aliphatic heterocycles. The number of nitrogen functional groups attached to an aromatic ring is 1. The largest absolute Gasteiger partial charge is 0.491 e. The molecule has 3 nitrogen and oxygen atoms in total. The summed E-state index contributed by atoms with van der Waals surface area (Å²) in [7, 11) is 0. The number of hydrogen-bond donors (Lipinski definition) is 1. The number of rotatable bonds is 5. The minimum Gasteiger partial charge on any atom is -0.491 e. The molecule has 3 rings (SSSR count). The first-order valence-electron chi connectivity index (χ1n) is 7.53. The van der Waals surface area contributed by atoms with Crippen LogP contribution in [0.1, 0.15) is 29.8 Å². The van der Waals surface area contributed by atoms with Gasteiger partial charge in [0, 0.05) is 24.0 Å². The summed E-state index contributed by atoms with van der Waals surface area (Å²) < 4.78 is 5.77. The van der Waals surface area contributed by atoms with E-state index in [9.17, 15) is 0 Å². The minimum absolute atomic E-state index is 0.529. The van der Waals surface area contributed by atoms with Gasteiger partial charge in [-0.2, -0.15) is 0 Å². The van der Waals surface area contributed by atoms with Crippen LogP contribution in [0, 0.1) is 0 Å². The van der Waals surface area contributed by atoms with Gasteiger partial charge in [0.2, 0.25) is 0 Å². The number of nitrogens with zero attached hydrogens (tertiary/aromatic N) is 1. The number of benzene rings is 1. The highest BCUT2D eigenvalue weighted by Crippen LogP contribution is 2.32. The van der Waals surface area contributed by atoms with Crippen molar-refractivity contribution in [3.05, 3.63) is 46.2 Å². The van der Waals surface area contributed by atoms with Crippen LogP contribution in [0.3, 0.4) is 0 Å². The third kappa shape index (κ3) is 3.22. The zero-order chi connectivity index (χ0) is 14.7. The highest BCUT2D eigenvalue weighted by molar-refractivity contribution is 7.10. The van der Waals surface area contributed by atoms with Crippen LogP contribution in [-0.4, -0.2) is 24.6 Å². The van der Waals surface area contributed by atoms with Gasteiger partial charge in [0.25, 0.3) is 0 Å². The van der Waals surface area contributed by atoms with Crippen LogP contribution in [0.2, 0.25) is 0 Å². The van der Waals surface area contributed by atoms with Crippen molar-refractivity contribution in [1.82, 2.24) is 4.90 Å². The van der Waals surface area contributed by atoms with E-state index in [1.165, 1.54) is 12.0 Å². The van der Waals surface area contributed by atoms with Crippen molar-refractivity contribution in [3.63, 3.8) is 0 Å². The smallest absolute Gasteiger partial charge is 0.142 e. The van der Waals surface area contributed by atoms with Crippen LogP contribution in [0.15, 0.2) is 35.7 Å². The fourth-order valence-electron chi connectivity index (χ4n) is 2.93. The van der Waals surface area contributed by atoms with Gasteiger partial charge in [-0.05, 0) is 48.9 Å². The fraction of sp³-hybridized carbons (Fsp3) is 0.412. The number of fused-ring (bicyclic) bond motifs is 1. The Morgan fingerprint density at radius 1 is 1.33 bits per heavy atom. The molecule has 0 saturated heterocycles. The van der Waals surface area contributed by atoms with Gasteiger partial charge in [-0.3, -0.25) is 4.90 Å². The number of thiophene rings is 1. The Bertz CT molecular complexity index is 596. The summed E-state index contributed by atoms with van der Waals surface area (Å²) in [6, 6.07) is 10.5. The molecule has 1 atom stereocenters. The van der Waals surface area contributed by atoms with Gasteiger partial charge in [-0.25, -0.2) is 0 Å². The Balaban J connectivity index is 1.47. The zero-order valence-corrected chi connectivity index (χ0v) is 13.2. The summed E-state index contributed by atoms with van der Waals surface area (Å²) >= 11 is 1.89. The van der Waals surface area contributed by atoms with E-state index in [0.29, 0.717) is 18.3 Å². The van der Waals surface area contributed by atoms with Crippen LogP contribution in [0.5, 0.6) is 5.75 Å². The maximum Gasteiger partial charge on any atom is 0.142 e. The highest BCUT2D eigenvalue weighted by Gasteiger charge is 2.23. The van der Waals surface area contributed by atoms with Gasteiger partial charge in [0.05, 0.1) is 12.3 Å². The number of ether oxygens (including phenoxy) is 1. The lowest BCUT2D eigenvalue weighted by atomic mass is 10.0. The third-order valence-corrected chi connectivity index (χ3v) is 5.17. The van der Waals surface area contributed by atoms with E-state index in [0.717, 1.165) is 25.3 Å². The molecule has 1 aromatic heterocycles. The zero-order valence-electron chi connectivity index (χ0n) is 12.4. The first kappa shape index (κ1) is 14.4. The summed E-state index contributed by atoms with van der Waals surface area (Å²) in [5.74, 6) is 0.796. The van der Waals surface area contributed by atoms with Crippen molar-refractivity contribution in [3.8, 4) is 5.75 Å². The summed E-state index contributed by atoms with van der Waals surface area (Å²) in [4.78, 5) is 4.11. The molecular weight excluding hydrogens is 280 g/mol. The van der Waals surface area contributed by atoms with Gasteiger partial charge < -0.3 is 10.5 Å². The second-order valence-corrected chi connectivity index (χ2v) is 6.50. The molecular formula is C17H22N2OS. The number of nitrogens with two attached hydrogens (primary N) is 1. The molecule has 1 unspecified atom stereocenters. The molecule has 0 spiro atoms. The maximum atomic E-state index is 5.87. The van der Waals surface area contributed by atoms with Gasteiger partial charge >= 0.3 is 0 Å². The maximum absolute atomic E-state index is 5.87.